The Kier molecular flexibility index (Phi) is 8.81. The van der Waals surface area contributed by atoms with Crippen LogP contribution in [0.4, 0.5) is 11.5 Å². The molecule has 0 aliphatic carbocycles. The maximum Gasteiger partial charge on any atom is 0.339 e. The minimum Gasteiger partial charge on any atom is -0.495 e. The highest BCUT2D eigenvalue weighted by molar-refractivity contribution is 6.02. The second kappa shape index (κ2) is 13.3. The molecule has 0 bridgehead atoms. The lowest BCUT2D eigenvalue weighted by Crippen LogP contribution is -2.32. The van der Waals surface area contributed by atoms with Gasteiger partial charge in [0.05, 0.1) is 30.8 Å². The van der Waals surface area contributed by atoms with Crippen molar-refractivity contribution in [2.75, 3.05) is 51.6 Å². The first-order chi connectivity index (χ1) is 22.4. The number of imidazole rings is 1. The molecule has 1 aliphatic heterocycles. The van der Waals surface area contributed by atoms with Gasteiger partial charge in [0.15, 0.2) is 11.5 Å². The van der Waals surface area contributed by atoms with E-state index in [0.29, 0.717) is 64.7 Å². The van der Waals surface area contributed by atoms with E-state index in [1.165, 1.54) is 33.5 Å². The van der Waals surface area contributed by atoms with Crippen LogP contribution in [0.1, 0.15) is 6.42 Å². The van der Waals surface area contributed by atoms with Gasteiger partial charge in [0.25, 0.3) is 5.91 Å². The molecule has 1 aliphatic rings. The number of ether oxygens (including phenoxy) is 3. The third kappa shape index (κ3) is 6.08. The van der Waals surface area contributed by atoms with E-state index < -0.39 is 5.69 Å². The molecule has 236 valence electrons. The van der Waals surface area contributed by atoms with Gasteiger partial charge in [0.1, 0.15) is 29.1 Å². The molecule has 3 heterocycles. The number of benzene rings is 3. The normalized spacial score (nSPS) is 14.7. The third-order valence-electron chi connectivity index (χ3n) is 8.02. The first kappa shape index (κ1) is 30.6. The fourth-order valence-corrected chi connectivity index (χ4v) is 5.46. The highest BCUT2D eigenvalue weighted by Crippen LogP contribution is 2.32. The molecule has 1 fully saturated rings. The second-order valence-corrected chi connectivity index (χ2v) is 10.9. The first-order valence-electron chi connectivity index (χ1n) is 14.8. The summed E-state index contributed by atoms with van der Waals surface area (Å²) in [6.07, 6.45) is 5.66. The average molecular weight is 622 g/mol. The molecule has 12 nitrogen and oxygen atoms in total. The zero-order chi connectivity index (χ0) is 32.2. The Labute approximate surface area is 265 Å². The molecule has 3 aromatic carbocycles. The molecule has 12 heteroatoms. The van der Waals surface area contributed by atoms with E-state index in [2.05, 4.69) is 14.9 Å². The van der Waals surface area contributed by atoms with E-state index in [-0.39, 0.29) is 11.7 Å². The number of fused-ring (bicyclic) bond motifs is 1. The van der Waals surface area contributed by atoms with Gasteiger partial charge < -0.3 is 24.8 Å². The molecule has 1 unspecified atom stereocenters. The van der Waals surface area contributed by atoms with E-state index >= 15 is 0 Å². The van der Waals surface area contributed by atoms with Gasteiger partial charge in [-0.15, -0.1) is 0 Å². The molecule has 0 saturated carbocycles. The average Bonchev–Trinajstić information content (AvgIpc) is 3.72. The van der Waals surface area contributed by atoms with Gasteiger partial charge in [-0.25, -0.2) is 19.3 Å². The summed E-state index contributed by atoms with van der Waals surface area (Å²) in [5.41, 5.74) is 8.06. The van der Waals surface area contributed by atoms with Crippen LogP contribution in [0, 0.1) is 0 Å². The topological polar surface area (TPSA) is 130 Å². The maximum absolute atomic E-state index is 14.1. The van der Waals surface area contributed by atoms with Crippen molar-refractivity contribution >= 4 is 28.6 Å². The van der Waals surface area contributed by atoms with Crippen molar-refractivity contribution in [3.63, 3.8) is 0 Å². The summed E-state index contributed by atoms with van der Waals surface area (Å²) < 4.78 is 19.9. The number of nitrogens with zero attached hydrogens (tertiary/aromatic N) is 6. The Balaban J connectivity index is 1.33. The molecule has 46 heavy (non-hydrogen) atoms. The number of likely N-dealkylation sites (N-methyl/N-ethyl adjacent to an activating group) is 2. The number of carbonyl (C=O) groups excluding carboxylic acids is 1. The Morgan fingerprint density at radius 1 is 1.02 bits per heavy atom. The van der Waals surface area contributed by atoms with Crippen LogP contribution in [0.15, 0.2) is 96.1 Å². The van der Waals surface area contributed by atoms with Gasteiger partial charge in [-0.2, -0.15) is 0 Å². The molecule has 5 aromatic rings. The summed E-state index contributed by atoms with van der Waals surface area (Å²) in [5, 5.41) is 0. The summed E-state index contributed by atoms with van der Waals surface area (Å²) in [4.78, 5) is 39.6. The van der Waals surface area contributed by atoms with Crippen LogP contribution >= 0.6 is 0 Å². The van der Waals surface area contributed by atoms with Crippen molar-refractivity contribution in [1.82, 2.24) is 24.0 Å². The number of carbonyl (C=O) groups is 1. The fourth-order valence-electron chi connectivity index (χ4n) is 5.46. The van der Waals surface area contributed by atoms with Gasteiger partial charge in [0.2, 0.25) is 0 Å². The Morgan fingerprint density at radius 3 is 2.48 bits per heavy atom. The molecule has 6 rings (SSSR count). The van der Waals surface area contributed by atoms with Crippen LogP contribution in [0.3, 0.4) is 0 Å². The Morgan fingerprint density at radius 2 is 1.76 bits per heavy atom. The van der Waals surface area contributed by atoms with E-state index in [4.69, 9.17) is 19.9 Å². The lowest BCUT2D eigenvalue weighted by Gasteiger charge is -2.21. The summed E-state index contributed by atoms with van der Waals surface area (Å²) in [7, 11) is 5.21. The number of para-hydroxylation sites is 1. The molecular formula is C34H35N7O5. The lowest BCUT2D eigenvalue weighted by molar-refractivity contribution is -0.113. The first-order valence-corrected chi connectivity index (χ1v) is 14.8. The summed E-state index contributed by atoms with van der Waals surface area (Å²) in [6.45, 7) is 2.07. The van der Waals surface area contributed by atoms with Gasteiger partial charge >= 0.3 is 5.69 Å². The predicted octanol–water partition coefficient (Wildman–Crippen LogP) is 4.19. The van der Waals surface area contributed by atoms with E-state index in [9.17, 15) is 9.59 Å². The number of anilines is 2. The van der Waals surface area contributed by atoms with Crippen LogP contribution in [-0.2, 0) is 9.53 Å². The number of nitrogen functional groups attached to an aromatic ring is 1. The number of hydrogen-bond donors (Lipinski definition) is 1. The van der Waals surface area contributed by atoms with E-state index in [1.807, 2.05) is 43.5 Å². The standard InChI is InChI=1S/C34H35N7O5/c1-38(25-17-19-45-21-25)18-7-10-30(42)39(2)28-20-24(13-16-29(28)44-3)41-33-31(32(35)36-22-37-33)40(34(41)43)23-11-14-27(15-12-23)46-26-8-5-4-6-9-26/h4-16,20,22,25H,17-19,21H2,1-3H3,(H2,35,36,37)/b10-7+. The molecule has 1 atom stereocenters. The minimum atomic E-state index is -0.414. The number of methoxy groups -OCH3 is 1. The number of nitrogens with two attached hydrogens (primary N) is 1. The van der Waals surface area contributed by atoms with Gasteiger partial charge in [-0.3, -0.25) is 14.3 Å². The molecule has 1 amide bonds. The molecule has 0 radical (unpaired) electrons. The molecule has 2 aromatic heterocycles. The van der Waals surface area contributed by atoms with Crippen LogP contribution in [-0.4, -0.2) is 76.9 Å². The van der Waals surface area contributed by atoms with Crippen LogP contribution in [0.25, 0.3) is 22.5 Å². The highest BCUT2D eigenvalue weighted by Gasteiger charge is 2.23. The molecule has 1 saturated heterocycles. The van der Waals surface area contributed by atoms with Crippen molar-refractivity contribution in [2.24, 2.45) is 0 Å². The molecular weight excluding hydrogens is 586 g/mol. The summed E-state index contributed by atoms with van der Waals surface area (Å²) in [5.74, 6) is 1.67. The van der Waals surface area contributed by atoms with Crippen LogP contribution in [0.2, 0.25) is 0 Å². The fraction of sp³-hybridized carbons (Fsp3) is 0.235. The number of amides is 1. The van der Waals surface area contributed by atoms with Crippen molar-refractivity contribution in [3.05, 3.63) is 102 Å². The number of aromatic nitrogens is 4. The van der Waals surface area contributed by atoms with Crippen molar-refractivity contribution < 1.29 is 19.0 Å². The third-order valence-corrected chi connectivity index (χ3v) is 8.02. The zero-order valence-electron chi connectivity index (χ0n) is 25.9. The smallest absolute Gasteiger partial charge is 0.339 e. The highest BCUT2D eigenvalue weighted by atomic mass is 16.5. The van der Waals surface area contributed by atoms with Crippen molar-refractivity contribution in [1.29, 1.82) is 0 Å². The predicted molar refractivity (Wildman–Crippen MR) is 176 cm³/mol. The van der Waals surface area contributed by atoms with Gasteiger partial charge in [0, 0.05) is 32.3 Å². The molecule has 2 N–H and O–H groups in total. The maximum atomic E-state index is 14.1. The van der Waals surface area contributed by atoms with Crippen molar-refractivity contribution in [3.8, 4) is 28.6 Å². The second-order valence-electron chi connectivity index (χ2n) is 10.9. The zero-order valence-corrected chi connectivity index (χ0v) is 25.9. The number of rotatable bonds is 10. The summed E-state index contributed by atoms with van der Waals surface area (Å²) in [6, 6.07) is 22.0. The summed E-state index contributed by atoms with van der Waals surface area (Å²) >= 11 is 0. The van der Waals surface area contributed by atoms with Crippen LogP contribution in [0.5, 0.6) is 17.2 Å². The Hall–Kier alpha value is -5.46. The van der Waals surface area contributed by atoms with Crippen molar-refractivity contribution in [2.45, 2.75) is 12.5 Å². The van der Waals surface area contributed by atoms with Gasteiger partial charge in [-0.05, 0) is 68.1 Å². The van der Waals surface area contributed by atoms with E-state index in [1.54, 1.807) is 49.5 Å². The SMILES string of the molecule is COc1ccc(-n2c(=O)n(-c3ccc(Oc4ccccc4)cc3)c3c(N)ncnc32)cc1N(C)C(=O)/C=C/CN(C)C1CCOC1. The lowest BCUT2D eigenvalue weighted by atomic mass is 10.2. The van der Waals surface area contributed by atoms with Crippen LogP contribution < -0.4 is 25.8 Å². The largest absolute Gasteiger partial charge is 0.495 e. The molecule has 0 spiro atoms. The monoisotopic (exact) mass is 621 g/mol. The van der Waals surface area contributed by atoms with Gasteiger partial charge in [-0.1, -0.05) is 24.3 Å². The quantitative estimate of drug-likeness (QED) is 0.228. The van der Waals surface area contributed by atoms with E-state index in [0.717, 1.165) is 13.0 Å². The number of hydrogen-bond acceptors (Lipinski definition) is 9. The minimum absolute atomic E-state index is 0.144. The Bertz CT molecular complexity index is 1930.